The molecule has 0 aliphatic rings. The van der Waals surface area contributed by atoms with Crippen molar-refractivity contribution >= 4 is 13.7 Å². The average molecular weight is 648 g/mol. The molecule has 0 rings (SSSR count). The molecule has 0 aromatic carbocycles. The largest absolute Gasteiger partial charge is 0.472 e. The van der Waals surface area contributed by atoms with Crippen LogP contribution in [-0.4, -0.2) is 73.4 Å². The molecule has 0 aliphatic carbocycles. The van der Waals surface area contributed by atoms with Crippen LogP contribution in [-0.2, 0) is 18.4 Å². The summed E-state index contributed by atoms with van der Waals surface area (Å²) in [6.45, 7) is 4.79. The third-order valence-electron chi connectivity index (χ3n) is 8.01. The van der Waals surface area contributed by atoms with Gasteiger partial charge in [0.15, 0.2) is 0 Å². The Kier molecular flexibility index (Phi) is 28.0. The van der Waals surface area contributed by atoms with Gasteiger partial charge < -0.3 is 19.8 Å². The van der Waals surface area contributed by atoms with Gasteiger partial charge in [-0.3, -0.25) is 13.8 Å². The molecule has 44 heavy (non-hydrogen) atoms. The number of allylic oxidation sites excluding steroid dienone is 2. The highest BCUT2D eigenvalue weighted by atomic mass is 31.2. The number of carbonyl (C=O) groups is 1. The third kappa shape index (κ3) is 29.9. The highest BCUT2D eigenvalue weighted by molar-refractivity contribution is 7.47. The fourth-order valence-electron chi connectivity index (χ4n) is 5.04. The Morgan fingerprint density at radius 3 is 1.75 bits per heavy atom. The van der Waals surface area contributed by atoms with Gasteiger partial charge in [-0.25, -0.2) is 4.57 Å². The first kappa shape index (κ1) is 43.2. The second kappa shape index (κ2) is 28.5. The first-order valence-corrected chi connectivity index (χ1v) is 19.5. The monoisotopic (exact) mass is 648 g/mol. The molecule has 8 nitrogen and oxygen atoms in total. The number of carbonyl (C=O) groups excluding carboxylic acids is 1. The molecule has 0 aliphatic heterocycles. The zero-order chi connectivity index (χ0) is 32.9. The minimum atomic E-state index is -4.30. The lowest BCUT2D eigenvalue weighted by atomic mass is 10.0. The van der Waals surface area contributed by atoms with Crippen LogP contribution in [0.4, 0.5) is 0 Å². The van der Waals surface area contributed by atoms with E-state index in [2.05, 4.69) is 31.3 Å². The highest BCUT2D eigenvalue weighted by Gasteiger charge is 2.28. The summed E-state index contributed by atoms with van der Waals surface area (Å²) >= 11 is 0. The van der Waals surface area contributed by atoms with Crippen molar-refractivity contribution < 1.29 is 32.9 Å². The number of phosphoric acid groups is 1. The van der Waals surface area contributed by atoms with Gasteiger partial charge in [-0.15, -0.1) is 0 Å². The van der Waals surface area contributed by atoms with Crippen LogP contribution >= 0.6 is 7.82 Å². The second-order valence-corrected chi connectivity index (χ2v) is 15.1. The van der Waals surface area contributed by atoms with Crippen molar-refractivity contribution in [1.29, 1.82) is 0 Å². The quantitative estimate of drug-likeness (QED) is 0.0292. The molecule has 1 unspecified atom stereocenters. The SMILES string of the molecule is CCCCCCCCCCC/C=C/CCCC[C@H](O)[C@@H](COP(=O)(O)OCC[N+](C)(C)C)NC(=O)CCCCCCCCC. The number of nitrogens with one attached hydrogen (secondary N) is 1. The molecule has 1 amide bonds. The maximum atomic E-state index is 12.7. The molecular formula is C35H72N2O6P+. The number of aliphatic hydroxyl groups is 1. The van der Waals surface area contributed by atoms with Gasteiger partial charge in [0.2, 0.25) is 5.91 Å². The van der Waals surface area contributed by atoms with Crippen molar-refractivity contribution in [2.24, 2.45) is 0 Å². The van der Waals surface area contributed by atoms with Crippen LogP contribution in [0.1, 0.15) is 155 Å². The number of nitrogens with zero attached hydrogens (tertiary/aromatic N) is 1. The number of hydrogen-bond acceptors (Lipinski definition) is 5. The molecule has 9 heteroatoms. The van der Waals surface area contributed by atoms with Crippen LogP contribution in [0, 0.1) is 0 Å². The first-order valence-electron chi connectivity index (χ1n) is 18.1. The van der Waals surface area contributed by atoms with Crippen molar-refractivity contribution in [3.63, 3.8) is 0 Å². The van der Waals surface area contributed by atoms with Crippen molar-refractivity contribution in [1.82, 2.24) is 5.32 Å². The number of unbranched alkanes of at least 4 members (excludes halogenated alkanes) is 17. The van der Waals surface area contributed by atoms with Gasteiger partial charge in [-0.05, 0) is 38.5 Å². The van der Waals surface area contributed by atoms with Crippen molar-refractivity contribution in [3.8, 4) is 0 Å². The molecule has 0 radical (unpaired) electrons. The minimum Gasteiger partial charge on any atom is -0.391 e. The van der Waals surface area contributed by atoms with Gasteiger partial charge in [-0.1, -0.05) is 122 Å². The van der Waals surface area contributed by atoms with Crippen molar-refractivity contribution in [2.45, 2.75) is 167 Å². The van der Waals surface area contributed by atoms with Crippen molar-refractivity contribution in [2.75, 3.05) is 40.9 Å². The van der Waals surface area contributed by atoms with E-state index in [-0.39, 0.29) is 19.1 Å². The number of quaternary nitrogens is 1. The van der Waals surface area contributed by atoms with Crippen molar-refractivity contribution in [3.05, 3.63) is 12.2 Å². The molecule has 0 saturated carbocycles. The lowest BCUT2D eigenvalue weighted by molar-refractivity contribution is -0.870. The number of hydrogen-bond donors (Lipinski definition) is 3. The van der Waals surface area contributed by atoms with Crippen LogP contribution in [0.5, 0.6) is 0 Å². The lowest BCUT2D eigenvalue weighted by Gasteiger charge is -2.26. The number of rotatable bonds is 32. The topological polar surface area (TPSA) is 105 Å². The molecule has 0 heterocycles. The van der Waals surface area contributed by atoms with E-state index in [1.54, 1.807) is 0 Å². The van der Waals surface area contributed by atoms with E-state index in [4.69, 9.17) is 9.05 Å². The van der Waals surface area contributed by atoms with E-state index in [9.17, 15) is 19.4 Å². The molecule has 0 saturated heterocycles. The van der Waals surface area contributed by atoms with E-state index < -0.39 is 20.0 Å². The minimum absolute atomic E-state index is 0.0712. The summed E-state index contributed by atoms with van der Waals surface area (Å²) < 4.78 is 23.4. The summed E-state index contributed by atoms with van der Waals surface area (Å²) in [4.78, 5) is 22.8. The zero-order valence-electron chi connectivity index (χ0n) is 29.4. The molecule has 0 bridgehead atoms. The van der Waals surface area contributed by atoms with E-state index in [0.717, 1.165) is 44.9 Å². The molecule has 0 spiro atoms. The van der Waals surface area contributed by atoms with E-state index in [0.29, 0.717) is 23.9 Å². The number of amides is 1. The summed E-state index contributed by atoms with van der Waals surface area (Å²) in [5.41, 5.74) is 0. The summed E-state index contributed by atoms with van der Waals surface area (Å²) in [6.07, 6.45) is 28.2. The molecule has 0 fully saturated rings. The van der Waals surface area contributed by atoms with Gasteiger partial charge in [0.05, 0.1) is 39.9 Å². The van der Waals surface area contributed by atoms with E-state index >= 15 is 0 Å². The van der Waals surface area contributed by atoms with Crippen LogP contribution < -0.4 is 5.32 Å². The fraction of sp³-hybridized carbons (Fsp3) is 0.914. The van der Waals surface area contributed by atoms with Gasteiger partial charge >= 0.3 is 7.82 Å². The normalized spacial score (nSPS) is 15.0. The van der Waals surface area contributed by atoms with Crippen LogP contribution in [0.25, 0.3) is 0 Å². The standard InChI is InChI=1S/C35H71N2O6P/c1-6-8-10-12-14-15-16-17-18-19-20-21-23-24-26-28-34(38)33(32-43-44(40,41)42-31-30-37(3,4)5)36-35(39)29-27-25-22-13-11-9-7-2/h20-21,33-34,38H,6-19,22-32H2,1-5H3,(H-,36,39,40,41)/p+1/b21-20+/t33-,34+/m1/s1. The van der Waals surface area contributed by atoms with E-state index in [1.165, 1.54) is 83.5 Å². The Morgan fingerprint density at radius 1 is 0.750 bits per heavy atom. The third-order valence-corrected chi connectivity index (χ3v) is 9.00. The number of aliphatic hydroxyl groups excluding tert-OH is 1. The Hall–Kier alpha value is -0.760. The predicted molar refractivity (Wildman–Crippen MR) is 185 cm³/mol. The molecule has 3 atom stereocenters. The second-order valence-electron chi connectivity index (χ2n) is 13.6. The van der Waals surface area contributed by atoms with Crippen LogP contribution in [0.3, 0.4) is 0 Å². The Bertz CT molecular complexity index is 743. The van der Waals surface area contributed by atoms with Gasteiger partial charge in [0.1, 0.15) is 13.2 Å². The van der Waals surface area contributed by atoms with Gasteiger partial charge in [-0.2, -0.15) is 0 Å². The number of phosphoric ester groups is 1. The number of likely N-dealkylation sites (N-methyl/N-ethyl adjacent to an activating group) is 1. The van der Waals surface area contributed by atoms with Crippen LogP contribution in [0.15, 0.2) is 12.2 Å². The summed E-state index contributed by atoms with van der Waals surface area (Å²) in [5.74, 6) is -0.163. The van der Waals surface area contributed by atoms with Gasteiger partial charge in [0, 0.05) is 6.42 Å². The molecule has 3 N–H and O–H groups in total. The molecule has 0 aromatic heterocycles. The van der Waals surface area contributed by atoms with Gasteiger partial charge in [0.25, 0.3) is 0 Å². The molecule has 0 aromatic rings. The molecular weight excluding hydrogens is 575 g/mol. The maximum Gasteiger partial charge on any atom is 0.472 e. The summed E-state index contributed by atoms with van der Waals surface area (Å²) in [7, 11) is 1.60. The lowest BCUT2D eigenvalue weighted by Crippen LogP contribution is -2.46. The first-order chi connectivity index (χ1) is 21.0. The smallest absolute Gasteiger partial charge is 0.391 e. The predicted octanol–water partition coefficient (Wildman–Crippen LogP) is 8.85. The Morgan fingerprint density at radius 2 is 1.23 bits per heavy atom. The molecule has 262 valence electrons. The Balaban J connectivity index is 4.48. The zero-order valence-corrected chi connectivity index (χ0v) is 30.3. The summed E-state index contributed by atoms with van der Waals surface area (Å²) in [6, 6.07) is -0.767. The summed E-state index contributed by atoms with van der Waals surface area (Å²) in [5, 5.41) is 13.8. The van der Waals surface area contributed by atoms with Crippen LogP contribution in [0.2, 0.25) is 0 Å². The Labute approximate surface area is 272 Å². The fourth-order valence-corrected chi connectivity index (χ4v) is 5.77. The average Bonchev–Trinajstić information content (AvgIpc) is 2.95. The maximum absolute atomic E-state index is 12.7. The van der Waals surface area contributed by atoms with E-state index in [1.807, 2.05) is 21.1 Å². The highest BCUT2D eigenvalue weighted by Crippen LogP contribution is 2.43.